The van der Waals surface area contributed by atoms with E-state index < -0.39 is 7.12 Å². The summed E-state index contributed by atoms with van der Waals surface area (Å²) < 4.78 is 2.20. The zero-order chi connectivity index (χ0) is 81.0. The molecule has 23 rings (SSSR count). The van der Waals surface area contributed by atoms with Gasteiger partial charge in [0.1, 0.15) is 0 Å². The van der Waals surface area contributed by atoms with E-state index in [0.29, 0.717) is 5.46 Å². The molecule has 23 aromatic carbocycles. The van der Waals surface area contributed by atoms with Crippen molar-refractivity contribution in [3.8, 4) is 100 Å². The third kappa shape index (κ3) is 14.0. The Morgan fingerprint density at radius 2 is 0.364 bits per heavy atom. The van der Waals surface area contributed by atoms with Crippen molar-refractivity contribution in [2.45, 2.75) is 0 Å². The van der Waals surface area contributed by atoms with E-state index in [4.69, 9.17) is 0 Å². The van der Waals surface area contributed by atoms with Gasteiger partial charge < -0.3 is 10.0 Å². The molecule has 2 N–H and O–H groups in total. The first-order valence-electron chi connectivity index (χ1n) is 41.1. The van der Waals surface area contributed by atoms with Crippen LogP contribution in [-0.4, -0.2) is 17.2 Å². The highest BCUT2D eigenvalue weighted by Gasteiger charge is 2.24. The van der Waals surface area contributed by atoms with Crippen molar-refractivity contribution in [3.63, 3.8) is 0 Å². The molecule has 0 atom stereocenters. The Morgan fingerprint density at radius 3 is 0.678 bits per heavy atom. The fraction of sp³-hybridized carbons (Fsp3) is 0. The van der Waals surface area contributed by atoms with Gasteiger partial charge >= 0.3 is 7.12 Å². The largest absolute Gasteiger partial charge is 0.489 e. The second kappa shape index (κ2) is 32.0. The van der Waals surface area contributed by atoms with Gasteiger partial charge in [0.2, 0.25) is 0 Å². The molecule has 0 amide bonds. The first-order valence-corrected chi connectivity index (χ1v) is 42.7. The molecule has 0 spiro atoms. The summed E-state index contributed by atoms with van der Waals surface area (Å²) in [6, 6.07) is 160. The van der Waals surface area contributed by atoms with Crippen molar-refractivity contribution in [1.29, 1.82) is 0 Å². The molecule has 0 heterocycles. The van der Waals surface area contributed by atoms with Crippen molar-refractivity contribution in [1.82, 2.24) is 0 Å². The standard InChI is InChI=1S/C70H44.C24H17BO2.C22H14Br2/c1-3-16-51-43-55(38-30-45(51)14-1)69-63-23-9-5-19-59(63)67(60-20-6-10-24-64(60)69)49-34-28-47(29-35-49)53-40-41-58-54(42-53)18-13-27-57(58)48-32-36-50(37-33-48)68-61-21-7-11-25-65(61)70(66-26-12-8-22-62(66)68)56-39-31-46-15-2-4-17-52(46)44-56;26-25(27)24-21-11-5-3-9-19(21)23(20-10-4-6-12-22(20)24)18-14-13-16-7-1-2-8-17(16)15-18;23-19-9-4-15(5-10-19)17-8-13-22-18(14-17)2-1-3-21(22)16-6-11-20(24)12-7-16/h1-44H;1-15,26-27H;1-14H. The molecule has 0 aromatic heterocycles. The van der Waals surface area contributed by atoms with Crippen molar-refractivity contribution in [3.05, 3.63) is 452 Å². The highest BCUT2D eigenvalue weighted by Crippen LogP contribution is 2.48. The maximum atomic E-state index is 10.1. The molecule has 0 saturated heterocycles. The molecule has 0 aliphatic rings. The minimum Gasteiger partial charge on any atom is -0.423 e. The summed E-state index contributed by atoms with van der Waals surface area (Å²) in [7, 11) is -1.52. The van der Waals surface area contributed by atoms with Crippen LogP contribution in [0.5, 0.6) is 0 Å². The normalized spacial score (nSPS) is 11.5. The quantitative estimate of drug-likeness (QED) is 0.106. The summed E-state index contributed by atoms with van der Waals surface area (Å²) in [5.74, 6) is 0. The zero-order valence-corrected chi connectivity index (χ0v) is 69.0. The molecule has 0 bridgehead atoms. The molecule has 0 aliphatic heterocycles. The number of halogens is 2. The maximum Gasteiger partial charge on any atom is 0.489 e. The highest BCUT2D eigenvalue weighted by molar-refractivity contribution is 9.10. The van der Waals surface area contributed by atoms with Gasteiger partial charge in [0.05, 0.1) is 0 Å². The first-order chi connectivity index (χ1) is 59.7. The second-order valence-electron chi connectivity index (χ2n) is 31.3. The summed E-state index contributed by atoms with van der Waals surface area (Å²) in [5, 5.41) is 46.5. The van der Waals surface area contributed by atoms with Gasteiger partial charge in [-0.2, -0.15) is 0 Å². The minimum atomic E-state index is -1.52. The van der Waals surface area contributed by atoms with Crippen molar-refractivity contribution < 1.29 is 10.0 Å². The topological polar surface area (TPSA) is 40.5 Å². The molecule has 568 valence electrons. The SMILES string of the molecule is Brc1ccc(-c2ccc3c(-c4ccc(Br)cc4)cccc3c2)cc1.OB(O)c1c2ccccc2c(-c2ccc3ccccc3c2)c2ccccc12.c1ccc2cc(-c3c4ccccc4c(-c4ccc(-c5ccc6c(-c7ccc(-c8c9ccccc9c(-c9ccc%10ccccc%10c9)c9ccccc89)cc7)cccc6c5)cc4)c4ccccc34)ccc2c1. The van der Waals surface area contributed by atoms with Crippen molar-refractivity contribution in [2.75, 3.05) is 0 Å². The van der Waals surface area contributed by atoms with E-state index >= 15 is 0 Å². The average molecular weight is 1670 g/mol. The molecule has 2 nitrogen and oxygen atoms in total. The molecular formula is C116H75BBr2O2. The van der Waals surface area contributed by atoms with Crippen LogP contribution in [0, 0.1) is 0 Å². The van der Waals surface area contributed by atoms with Crippen LogP contribution in [0.3, 0.4) is 0 Å². The molecule has 0 radical (unpaired) electrons. The average Bonchev–Trinajstić information content (AvgIpc) is 0.733. The predicted molar refractivity (Wildman–Crippen MR) is 526 cm³/mol. The molecule has 0 saturated carbocycles. The molecule has 0 fully saturated rings. The molecule has 0 aliphatic carbocycles. The van der Waals surface area contributed by atoms with Crippen LogP contribution in [0.1, 0.15) is 0 Å². The second-order valence-corrected chi connectivity index (χ2v) is 33.1. The molecular weight excluding hydrogens is 1600 g/mol. The first kappa shape index (κ1) is 74.4. The van der Waals surface area contributed by atoms with Gasteiger partial charge in [-0.05, 0) is 279 Å². The minimum absolute atomic E-state index is 0.561. The predicted octanol–water partition coefficient (Wildman–Crippen LogP) is 32.0. The summed E-state index contributed by atoms with van der Waals surface area (Å²) in [5.41, 5.74) is 22.7. The number of rotatable bonds is 10. The van der Waals surface area contributed by atoms with Gasteiger partial charge in [0.15, 0.2) is 0 Å². The van der Waals surface area contributed by atoms with E-state index in [1.54, 1.807) is 0 Å². The Kier molecular flexibility index (Phi) is 19.7. The molecule has 5 heteroatoms. The Labute approximate surface area is 719 Å². The van der Waals surface area contributed by atoms with Gasteiger partial charge in [-0.1, -0.05) is 420 Å². The molecule has 23 aromatic rings. The lowest BCUT2D eigenvalue weighted by atomic mass is 9.72. The number of fused-ring (bicyclic) bond motifs is 11. The third-order valence-corrected chi connectivity index (χ3v) is 25.4. The van der Waals surface area contributed by atoms with Crippen molar-refractivity contribution >= 4 is 163 Å². The number of hydrogen-bond donors (Lipinski definition) is 2. The third-order valence-electron chi connectivity index (χ3n) is 24.3. The van der Waals surface area contributed by atoms with Crippen LogP contribution < -0.4 is 5.46 Å². The summed E-state index contributed by atoms with van der Waals surface area (Å²) >= 11 is 7.00. The van der Waals surface area contributed by atoms with E-state index in [1.807, 2.05) is 48.5 Å². The lowest BCUT2D eigenvalue weighted by Gasteiger charge is -2.18. The van der Waals surface area contributed by atoms with Crippen LogP contribution in [-0.2, 0) is 0 Å². The van der Waals surface area contributed by atoms with Crippen LogP contribution in [0.25, 0.3) is 219 Å². The van der Waals surface area contributed by atoms with Gasteiger partial charge in [-0.15, -0.1) is 0 Å². The fourth-order valence-corrected chi connectivity index (χ4v) is 19.2. The Morgan fingerprint density at radius 1 is 0.149 bits per heavy atom. The maximum absolute atomic E-state index is 10.1. The van der Waals surface area contributed by atoms with Gasteiger partial charge in [-0.25, -0.2) is 0 Å². The van der Waals surface area contributed by atoms with Gasteiger partial charge in [0, 0.05) is 8.95 Å². The van der Waals surface area contributed by atoms with E-state index in [-0.39, 0.29) is 0 Å². The molecule has 121 heavy (non-hydrogen) atoms. The number of benzene rings is 23. The molecule has 0 unspecified atom stereocenters. The smallest absolute Gasteiger partial charge is 0.423 e. The van der Waals surface area contributed by atoms with Crippen LogP contribution in [0.4, 0.5) is 0 Å². The van der Waals surface area contributed by atoms with Gasteiger partial charge in [0.25, 0.3) is 0 Å². The Hall–Kier alpha value is -14.1. The van der Waals surface area contributed by atoms with Gasteiger partial charge in [-0.3, -0.25) is 0 Å². The van der Waals surface area contributed by atoms with Crippen LogP contribution in [0.2, 0.25) is 0 Å². The van der Waals surface area contributed by atoms with E-state index in [9.17, 15) is 10.0 Å². The fourth-order valence-electron chi connectivity index (χ4n) is 18.6. The highest BCUT2D eigenvalue weighted by atomic mass is 79.9. The summed E-state index contributed by atoms with van der Waals surface area (Å²) in [6.45, 7) is 0. The summed E-state index contributed by atoms with van der Waals surface area (Å²) in [6.07, 6.45) is 0. The number of hydrogen-bond acceptors (Lipinski definition) is 2. The lowest BCUT2D eigenvalue weighted by Crippen LogP contribution is -2.31. The van der Waals surface area contributed by atoms with Crippen LogP contribution in [0.15, 0.2) is 452 Å². The van der Waals surface area contributed by atoms with E-state index in [0.717, 1.165) is 41.6 Å². The van der Waals surface area contributed by atoms with E-state index in [2.05, 4.69) is 426 Å². The lowest BCUT2D eigenvalue weighted by molar-refractivity contribution is 0.426. The Balaban J connectivity index is 0.000000143. The monoisotopic (exact) mass is 1670 g/mol. The van der Waals surface area contributed by atoms with Crippen molar-refractivity contribution in [2.24, 2.45) is 0 Å². The van der Waals surface area contributed by atoms with E-state index in [1.165, 1.54) is 186 Å². The Bertz CT molecular complexity index is 7820. The van der Waals surface area contributed by atoms with Crippen LogP contribution >= 0.6 is 31.9 Å². The zero-order valence-electron chi connectivity index (χ0n) is 65.9. The summed E-state index contributed by atoms with van der Waals surface area (Å²) in [4.78, 5) is 0.